The number of primary amides is 1. The van der Waals surface area contributed by atoms with Gasteiger partial charge in [-0.05, 0) is 0 Å². The Hall–Kier alpha value is -1.17. The van der Waals surface area contributed by atoms with Gasteiger partial charge in [0.05, 0.1) is 0 Å². The molecule has 0 aliphatic carbocycles. The molecule has 0 aliphatic rings. The summed E-state index contributed by atoms with van der Waals surface area (Å²) < 4.78 is 4.10. The zero-order chi connectivity index (χ0) is 10.1. The lowest BCUT2D eigenvalue weighted by atomic mass is 9.96. The van der Waals surface area contributed by atoms with Crippen LogP contribution in [0.1, 0.15) is 26.6 Å². The maximum Gasteiger partial charge on any atom is 0.318 e. The van der Waals surface area contributed by atoms with Crippen molar-refractivity contribution in [1.29, 1.82) is 0 Å². The molecule has 0 bridgehead atoms. The van der Waals surface area contributed by atoms with Gasteiger partial charge in [-0.15, -0.1) is 0 Å². The van der Waals surface area contributed by atoms with Crippen molar-refractivity contribution in [3.63, 3.8) is 0 Å². The number of carbonyl (C=O) groups is 1. The van der Waals surface area contributed by atoms with Gasteiger partial charge in [0, 0.05) is 16.9 Å². The van der Waals surface area contributed by atoms with Gasteiger partial charge in [0.1, 0.15) is 5.82 Å². The molecule has 0 atom stereocenters. The van der Waals surface area contributed by atoms with Crippen molar-refractivity contribution in [2.24, 2.45) is 5.73 Å². The summed E-state index contributed by atoms with van der Waals surface area (Å²) in [5, 5.41) is 2.82. The largest absolute Gasteiger partial charge is 0.351 e. The van der Waals surface area contributed by atoms with E-state index < -0.39 is 6.03 Å². The number of amides is 2. The molecule has 0 spiro atoms. The van der Waals surface area contributed by atoms with E-state index in [-0.39, 0.29) is 5.41 Å². The minimum Gasteiger partial charge on any atom is -0.351 e. The lowest BCUT2D eigenvalue weighted by Gasteiger charge is -2.11. The minimum absolute atomic E-state index is 0.103. The van der Waals surface area contributed by atoms with E-state index >= 15 is 0 Å². The van der Waals surface area contributed by atoms with Crippen molar-refractivity contribution in [1.82, 2.24) is 9.36 Å². The van der Waals surface area contributed by atoms with E-state index in [1.54, 1.807) is 0 Å². The van der Waals surface area contributed by atoms with Crippen LogP contribution < -0.4 is 11.1 Å². The first-order valence-corrected chi connectivity index (χ1v) is 4.57. The van der Waals surface area contributed by atoms with E-state index in [2.05, 4.69) is 14.7 Å². The van der Waals surface area contributed by atoms with Gasteiger partial charge in [-0.1, -0.05) is 20.8 Å². The van der Waals surface area contributed by atoms with Gasteiger partial charge in [0.15, 0.2) is 0 Å². The number of rotatable bonds is 1. The molecule has 3 N–H and O–H groups in total. The van der Waals surface area contributed by atoms with Crippen LogP contribution in [0.2, 0.25) is 0 Å². The monoisotopic (exact) mass is 200 g/mol. The van der Waals surface area contributed by atoms with E-state index in [0.717, 1.165) is 11.5 Å². The average molecular weight is 200 g/mol. The summed E-state index contributed by atoms with van der Waals surface area (Å²) in [5.74, 6) is 0.709. The maximum atomic E-state index is 10.5. The fourth-order valence-electron chi connectivity index (χ4n) is 0.684. The quantitative estimate of drug-likeness (QED) is 0.717. The molecule has 5 nitrogen and oxygen atoms in total. The van der Waals surface area contributed by atoms with Crippen molar-refractivity contribution in [2.75, 3.05) is 5.32 Å². The van der Waals surface area contributed by atoms with E-state index in [9.17, 15) is 4.79 Å². The Balaban J connectivity index is 2.81. The smallest absolute Gasteiger partial charge is 0.318 e. The highest BCUT2D eigenvalue weighted by atomic mass is 32.1. The first-order valence-electron chi connectivity index (χ1n) is 3.80. The molecule has 0 saturated heterocycles. The fraction of sp³-hybridized carbons (Fsp3) is 0.571. The molecule has 0 aromatic carbocycles. The number of carbonyl (C=O) groups excluding carboxylic acids is 1. The summed E-state index contributed by atoms with van der Waals surface area (Å²) in [6, 6.07) is -0.614. The molecule has 1 heterocycles. The van der Waals surface area contributed by atoms with Crippen LogP contribution in [-0.4, -0.2) is 15.4 Å². The number of hydrogen-bond acceptors (Lipinski definition) is 4. The molecule has 0 saturated carbocycles. The SMILES string of the molecule is CC(C)(C)c1nsc(NC(N)=O)n1. The minimum atomic E-state index is -0.614. The van der Waals surface area contributed by atoms with Crippen LogP contribution in [0.4, 0.5) is 9.93 Å². The molecular formula is C7H12N4OS. The summed E-state index contributed by atoms with van der Waals surface area (Å²) in [6.45, 7) is 6.01. The fourth-order valence-corrected chi connectivity index (χ4v) is 1.45. The highest BCUT2D eigenvalue weighted by Gasteiger charge is 2.19. The van der Waals surface area contributed by atoms with Crippen molar-refractivity contribution in [2.45, 2.75) is 26.2 Å². The van der Waals surface area contributed by atoms with Gasteiger partial charge in [-0.3, -0.25) is 5.32 Å². The van der Waals surface area contributed by atoms with Crippen molar-refractivity contribution in [3.05, 3.63) is 5.82 Å². The molecular weight excluding hydrogens is 188 g/mol. The molecule has 0 fully saturated rings. The number of aromatic nitrogens is 2. The standard InChI is InChI=1S/C7H12N4OS/c1-7(2,3)4-9-6(13-11-4)10-5(8)12/h1-3H3,(H3,8,9,10,11,12). The third kappa shape index (κ3) is 2.66. The lowest BCUT2D eigenvalue weighted by Crippen LogP contribution is -2.19. The number of hydrogen-bond donors (Lipinski definition) is 2. The van der Waals surface area contributed by atoms with Gasteiger partial charge < -0.3 is 5.73 Å². The molecule has 0 aliphatic heterocycles. The van der Waals surface area contributed by atoms with E-state index in [1.165, 1.54) is 0 Å². The molecule has 6 heteroatoms. The Labute approximate surface area is 80.5 Å². The van der Waals surface area contributed by atoms with Gasteiger partial charge in [-0.2, -0.15) is 4.37 Å². The Morgan fingerprint density at radius 1 is 1.54 bits per heavy atom. The average Bonchev–Trinajstić information content (AvgIpc) is 2.32. The van der Waals surface area contributed by atoms with Gasteiger partial charge in [0.25, 0.3) is 0 Å². The second kappa shape index (κ2) is 3.29. The highest BCUT2D eigenvalue weighted by molar-refractivity contribution is 7.09. The molecule has 72 valence electrons. The normalized spacial score (nSPS) is 11.3. The Kier molecular flexibility index (Phi) is 2.51. The van der Waals surface area contributed by atoms with Crippen LogP contribution in [-0.2, 0) is 5.41 Å². The lowest BCUT2D eigenvalue weighted by molar-refractivity contribution is 0.259. The Morgan fingerprint density at radius 2 is 2.15 bits per heavy atom. The van der Waals surface area contributed by atoms with Crippen LogP contribution in [0.5, 0.6) is 0 Å². The van der Waals surface area contributed by atoms with Gasteiger partial charge in [0.2, 0.25) is 5.13 Å². The molecule has 13 heavy (non-hydrogen) atoms. The summed E-state index contributed by atoms with van der Waals surface area (Å²) in [4.78, 5) is 14.6. The predicted molar refractivity (Wildman–Crippen MR) is 51.8 cm³/mol. The van der Waals surface area contributed by atoms with Crippen LogP contribution in [0.25, 0.3) is 0 Å². The second-order valence-corrected chi connectivity index (χ2v) is 4.41. The van der Waals surface area contributed by atoms with E-state index in [4.69, 9.17) is 5.73 Å². The predicted octanol–water partition coefficient (Wildman–Crippen LogP) is 1.33. The second-order valence-electron chi connectivity index (χ2n) is 3.66. The third-order valence-electron chi connectivity index (χ3n) is 1.33. The van der Waals surface area contributed by atoms with Crippen LogP contribution in [0, 0.1) is 0 Å². The Morgan fingerprint density at radius 3 is 2.54 bits per heavy atom. The molecule has 1 rings (SSSR count). The summed E-state index contributed by atoms with van der Waals surface area (Å²) in [6.07, 6.45) is 0. The zero-order valence-electron chi connectivity index (χ0n) is 7.79. The number of nitrogens with two attached hydrogens (primary N) is 1. The van der Waals surface area contributed by atoms with E-state index in [1.807, 2.05) is 20.8 Å². The van der Waals surface area contributed by atoms with Crippen LogP contribution >= 0.6 is 11.5 Å². The topological polar surface area (TPSA) is 80.9 Å². The van der Waals surface area contributed by atoms with Crippen molar-refractivity contribution in [3.8, 4) is 0 Å². The van der Waals surface area contributed by atoms with Crippen molar-refractivity contribution < 1.29 is 4.79 Å². The number of anilines is 1. The molecule has 0 unspecified atom stereocenters. The summed E-state index contributed by atoms with van der Waals surface area (Å²) in [5.41, 5.74) is 4.83. The Bertz CT molecular complexity index is 315. The highest BCUT2D eigenvalue weighted by Crippen LogP contribution is 2.22. The summed E-state index contributed by atoms with van der Waals surface area (Å²) in [7, 11) is 0. The van der Waals surface area contributed by atoms with Gasteiger partial charge in [-0.25, -0.2) is 9.78 Å². The third-order valence-corrected chi connectivity index (χ3v) is 1.96. The van der Waals surface area contributed by atoms with Crippen LogP contribution in [0.3, 0.4) is 0 Å². The number of nitrogens with one attached hydrogen (secondary N) is 1. The molecule has 2 amide bonds. The van der Waals surface area contributed by atoms with Crippen molar-refractivity contribution >= 4 is 22.7 Å². The zero-order valence-corrected chi connectivity index (χ0v) is 8.60. The number of nitrogens with zero attached hydrogens (tertiary/aromatic N) is 2. The number of urea groups is 1. The van der Waals surface area contributed by atoms with Gasteiger partial charge >= 0.3 is 6.03 Å². The first-order chi connectivity index (χ1) is 5.89. The van der Waals surface area contributed by atoms with Crippen LogP contribution in [0.15, 0.2) is 0 Å². The molecule has 0 radical (unpaired) electrons. The maximum absolute atomic E-state index is 10.5. The van der Waals surface area contributed by atoms with E-state index in [0.29, 0.717) is 11.0 Å². The first kappa shape index (κ1) is 9.91. The summed E-state index contributed by atoms with van der Waals surface area (Å²) >= 11 is 1.13. The molecule has 1 aromatic rings. The molecule has 1 aromatic heterocycles.